The lowest BCUT2D eigenvalue weighted by atomic mass is 10.0. The molecular weight excluding hydrogens is 336 g/mol. The van der Waals surface area contributed by atoms with Crippen LogP contribution < -0.4 is 15.1 Å². The predicted octanol–water partition coefficient (Wildman–Crippen LogP) is 2.24. The molecule has 5 heteroatoms. The van der Waals surface area contributed by atoms with Crippen LogP contribution in [0, 0.1) is 0 Å². The Morgan fingerprint density at radius 2 is 1.70 bits per heavy atom. The highest BCUT2D eigenvalue weighted by atomic mass is 16.2. The fraction of sp³-hybridized carbons (Fsp3) is 0.409. The highest BCUT2D eigenvalue weighted by Gasteiger charge is 2.33. The van der Waals surface area contributed by atoms with E-state index in [0.717, 1.165) is 48.7 Å². The van der Waals surface area contributed by atoms with Crippen LogP contribution in [0.1, 0.15) is 35.9 Å². The van der Waals surface area contributed by atoms with Crippen LogP contribution in [0.25, 0.3) is 0 Å². The van der Waals surface area contributed by atoms with Gasteiger partial charge in [-0.1, -0.05) is 24.3 Å². The second-order valence-corrected chi connectivity index (χ2v) is 7.28. The third kappa shape index (κ3) is 4.08. The van der Waals surface area contributed by atoms with Crippen LogP contribution in [0.5, 0.6) is 0 Å². The van der Waals surface area contributed by atoms with E-state index in [-0.39, 0.29) is 12.1 Å². The number of benzene rings is 2. The van der Waals surface area contributed by atoms with Crippen LogP contribution in [0.2, 0.25) is 0 Å². The van der Waals surface area contributed by atoms with Gasteiger partial charge in [0.15, 0.2) is 0 Å². The summed E-state index contributed by atoms with van der Waals surface area (Å²) in [5.74, 6) is 0.109. The number of rotatable bonds is 7. The van der Waals surface area contributed by atoms with Crippen LogP contribution in [-0.2, 0) is 0 Å². The van der Waals surface area contributed by atoms with Gasteiger partial charge in [0, 0.05) is 25.5 Å². The summed E-state index contributed by atoms with van der Waals surface area (Å²) in [5.41, 5.74) is 3.93. The minimum absolute atomic E-state index is 0.109. The van der Waals surface area contributed by atoms with Gasteiger partial charge in [0.1, 0.15) is 6.17 Å². The number of nitrogens with one attached hydrogen (secondary N) is 2. The Bertz CT molecular complexity index is 768. The van der Waals surface area contributed by atoms with Gasteiger partial charge in [-0.3, -0.25) is 4.79 Å². The quantitative estimate of drug-likeness (QED) is 0.789. The Morgan fingerprint density at radius 1 is 1.04 bits per heavy atom. The van der Waals surface area contributed by atoms with Gasteiger partial charge in [-0.25, -0.2) is 0 Å². The molecule has 0 saturated carbocycles. The zero-order valence-corrected chi connectivity index (χ0v) is 16.8. The molecule has 3 rings (SSSR count). The topological polar surface area (TPSA) is 40.0 Å². The van der Waals surface area contributed by atoms with Crippen LogP contribution in [-0.4, -0.2) is 51.1 Å². The van der Waals surface area contributed by atoms with Crippen molar-refractivity contribution in [1.82, 2.24) is 4.90 Å². The maximum absolute atomic E-state index is 13.2. The first-order valence-electron chi connectivity index (χ1n) is 9.82. The number of fused-ring (bicyclic) bond motifs is 1. The molecule has 27 heavy (non-hydrogen) atoms. The Labute approximate surface area is 162 Å². The number of carbonyl (C=O) groups excluding carboxylic acids is 1. The predicted molar refractivity (Wildman–Crippen MR) is 112 cm³/mol. The molecule has 2 aromatic carbocycles. The minimum Gasteiger partial charge on any atom is -0.378 e. The molecule has 1 atom stereocenters. The van der Waals surface area contributed by atoms with Gasteiger partial charge in [-0.05, 0) is 43.7 Å². The van der Waals surface area contributed by atoms with Crippen molar-refractivity contribution in [2.45, 2.75) is 20.0 Å². The summed E-state index contributed by atoms with van der Waals surface area (Å²) < 4.78 is 0. The summed E-state index contributed by atoms with van der Waals surface area (Å²) in [6.45, 7) is 8.23. The second kappa shape index (κ2) is 8.44. The molecule has 0 unspecified atom stereocenters. The Hall–Kier alpha value is -2.53. The van der Waals surface area contributed by atoms with Gasteiger partial charge in [-0.15, -0.1) is 0 Å². The number of amides is 1. The molecule has 144 valence electrons. The Balaban J connectivity index is 1.91. The smallest absolute Gasteiger partial charge is 0.258 e. The van der Waals surface area contributed by atoms with E-state index < -0.39 is 0 Å². The second-order valence-electron chi connectivity index (χ2n) is 7.28. The zero-order chi connectivity index (χ0) is 19.4. The van der Waals surface area contributed by atoms with E-state index in [1.165, 1.54) is 4.90 Å². The number of hydrogen-bond acceptors (Lipinski definition) is 3. The number of hydrogen-bond donors (Lipinski definition) is 2. The molecule has 0 bridgehead atoms. The largest absolute Gasteiger partial charge is 0.378 e. The van der Waals surface area contributed by atoms with Gasteiger partial charge in [0.25, 0.3) is 5.91 Å². The SMILES string of the molecule is CC[NH+](CC)CCN1C(=O)c2ccccc2N[C@@H]1c1ccc(N(C)C)cc1. The molecule has 1 aliphatic rings. The molecule has 0 aliphatic carbocycles. The van der Waals surface area contributed by atoms with E-state index in [2.05, 4.69) is 48.3 Å². The maximum Gasteiger partial charge on any atom is 0.258 e. The number of nitrogens with zero attached hydrogens (tertiary/aromatic N) is 2. The van der Waals surface area contributed by atoms with Crippen LogP contribution in [0.15, 0.2) is 48.5 Å². The van der Waals surface area contributed by atoms with Gasteiger partial charge < -0.3 is 20.0 Å². The van der Waals surface area contributed by atoms with E-state index in [1.54, 1.807) is 0 Å². The average molecular weight is 368 g/mol. The standard InChI is InChI=1S/C22H30N4O/c1-5-25(6-2)15-16-26-21(17-11-13-18(14-12-17)24(3)4)23-20-10-8-7-9-19(20)22(26)27/h7-14,21,23H,5-6,15-16H2,1-4H3/p+1/t21-/m0/s1. The number of quaternary nitrogens is 1. The fourth-order valence-electron chi connectivity index (χ4n) is 3.62. The summed E-state index contributed by atoms with van der Waals surface area (Å²) >= 11 is 0. The van der Waals surface area contributed by atoms with E-state index in [0.29, 0.717) is 0 Å². The number of likely N-dealkylation sites (N-methyl/N-ethyl adjacent to an activating group) is 1. The number of anilines is 2. The van der Waals surface area contributed by atoms with Crippen molar-refractivity contribution in [3.8, 4) is 0 Å². The average Bonchev–Trinajstić information content (AvgIpc) is 2.70. The van der Waals surface area contributed by atoms with Crippen LogP contribution >= 0.6 is 0 Å². The summed E-state index contributed by atoms with van der Waals surface area (Å²) in [6.07, 6.45) is -0.140. The molecule has 0 fully saturated rings. The molecule has 0 aromatic heterocycles. The van der Waals surface area contributed by atoms with Crippen molar-refractivity contribution in [1.29, 1.82) is 0 Å². The van der Waals surface area contributed by atoms with Crippen molar-refractivity contribution in [2.75, 3.05) is 50.5 Å². The summed E-state index contributed by atoms with van der Waals surface area (Å²) in [7, 11) is 4.07. The third-order valence-corrected chi connectivity index (χ3v) is 5.45. The lowest BCUT2D eigenvalue weighted by Gasteiger charge is -2.38. The highest BCUT2D eigenvalue weighted by molar-refractivity contribution is 6.01. The third-order valence-electron chi connectivity index (χ3n) is 5.45. The van der Waals surface area contributed by atoms with Crippen LogP contribution in [0.3, 0.4) is 0 Å². The first-order valence-corrected chi connectivity index (χ1v) is 9.82. The molecule has 0 radical (unpaired) electrons. The van der Waals surface area contributed by atoms with Gasteiger partial charge in [0.2, 0.25) is 0 Å². The molecule has 0 saturated heterocycles. The molecule has 5 nitrogen and oxygen atoms in total. The molecule has 2 N–H and O–H groups in total. The monoisotopic (exact) mass is 367 g/mol. The van der Waals surface area contributed by atoms with E-state index in [1.807, 2.05) is 43.3 Å². The Morgan fingerprint density at radius 3 is 2.33 bits per heavy atom. The first-order chi connectivity index (χ1) is 13.0. The lowest BCUT2D eigenvalue weighted by Crippen LogP contribution is -3.12. The van der Waals surface area contributed by atoms with E-state index in [4.69, 9.17) is 0 Å². The first kappa shape index (κ1) is 19.2. The molecule has 1 aliphatic heterocycles. The normalized spacial score (nSPS) is 16.3. The zero-order valence-electron chi connectivity index (χ0n) is 16.8. The summed E-state index contributed by atoms with van der Waals surface area (Å²) in [5, 5.41) is 3.58. The molecule has 2 aromatic rings. The fourth-order valence-corrected chi connectivity index (χ4v) is 3.62. The van der Waals surface area contributed by atoms with Crippen molar-refractivity contribution >= 4 is 17.3 Å². The summed E-state index contributed by atoms with van der Waals surface area (Å²) in [6, 6.07) is 16.2. The van der Waals surface area contributed by atoms with Gasteiger partial charge in [-0.2, -0.15) is 0 Å². The van der Waals surface area contributed by atoms with Crippen molar-refractivity contribution in [3.05, 3.63) is 59.7 Å². The maximum atomic E-state index is 13.2. The molecule has 1 heterocycles. The lowest BCUT2D eigenvalue weighted by molar-refractivity contribution is -0.895. The highest BCUT2D eigenvalue weighted by Crippen LogP contribution is 2.33. The van der Waals surface area contributed by atoms with Gasteiger partial charge >= 0.3 is 0 Å². The number of para-hydroxylation sites is 1. The van der Waals surface area contributed by atoms with Crippen molar-refractivity contribution in [3.63, 3.8) is 0 Å². The van der Waals surface area contributed by atoms with Gasteiger partial charge in [0.05, 0.1) is 31.7 Å². The van der Waals surface area contributed by atoms with Crippen molar-refractivity contribution in [2.24, 2.45) is 0 Å². The molecule has 1 amide bonds. The summed E-state index contributed by atoms with van der Waals surface area (Å²) in [4.78, 5) is 18.8. The van der Waals surface area contributed by atoms with Crippen LogP contribution in [0.4, 0.5) is 11.4 Å². The molecule has 0 spiro atoms. The minimum atomic E-state index is -0.140. The van der Waals surface area contributed by atoms with E-state index >= 15 is 0 Å². The molecular formula is C22H31N4O+. The number of carbonyl (C=O) groups is 1. The Kier molecular flexibility index (Phi) is 6.01. The van der Waals surface area contributed by atoms with E-state index in [9.17, 15) is 4.79 Å². The van der Waals surface area contributed by atoms with Crippen molar-refractivity contribution < 1.29 is 9.69 Å².